The highest BCUT2D eigenvalue weighted by atomic mass is 35.5. The molecule has 0 bridgehead atoms. The van der Waals surface area contributed by atoms with E-state index in [2.05, 4.69) is 5.32 Å². The third-order valence-electron chi connectivity index (χ3n) is 4.58. The number of benzene rings is 3. The van der Waals surface area contributed by atoms with Gasteiger partial charge in [0, 0.05) is 10.7 Å². The second kappa shape index (κ2) is 10.0. The molecule has 0 saturated heterocycles. The number of amides is 1. The van der Waals surface area contributed by atoms with Crippen LogP contribution in [0.25, 0.3) is 0 Å². The number of nitrogens with zero attached hydrogens (tertiary/aromatic N) is 1. The summed E-state index contributed by atoms with van der Waals surface area (Å²) >= 11 is 6.10. The van der Waals surface area contributed by atoms with Gasteiger partial charge in [-0.1, -0.05) is 17.7 Å². The zero-order valence-electron chi connectivity index (χ0n) is 17.5. The molecular formula is C23H22ClFN2O4S. The second-order valence-corrected chi connectivity index (χ2v) is 9.17. The molecule has 0 aliphatic carbocycles. The number of ether oxygens (including phenoxy) is 1. The Hall–Kier alpha value is -3.10. The highest BCUT2D eigenvalue weighted by Crippen LogP contribution is 2.26. The van der Waals surface area contributed by atoms with E-state index in [1.807, 2.05) is 13.8 Å². The highest BCUT2D eigenvalue weighted by molar-refractivity contribution is 7.92. The minimum Gasteiger partial charge on any atom is -0.494 e. The molecule has 0 unspecified atom stereocenters. The summed E-state index contributed by atoms with van der Waals surface area (Å²) in [4.78, 5) is 12.6. The number of carbonyl (C=O) groups is 1. The maximum absolute atomic E-state index is 13.3. The van der Waals surface area contributed by atoms with Crippen LogP contribution in [-0.2, 0) is 14.8 Å². The van der Waals surface area contributed by atoms with Crippen molar-refractivity contribution in [2.45, 2.75) is 18.7 Å². The molecule has 0 fully saturated rings. The van der Waals surface area contributed by atoms with Crippen molar-refractivity contribution in [1.82, 2.24) is 0 Å². The first-order valence-corrected chi connectivity index (χ1v) is 11.6. The maximum Gasteiger partial charge on any atom is 0.264 e. The monoisotopic (exact) mass is 476 g/mol. The van der Waals surface area contributed by atoms with Gasteiger partial charge in [0.25, 0.3) is 10.0 Å². The minimum absolute atomic E-state index is 0.140. The molecule has 1 amide bonds. The number of halogens is 2. The number of sulfonamides is 1. The predicted molar refractivity (Wildman–Crippen MR) is 123 cm³/mol. The Morgan fingerprint density at radius 3 is 2.31 bits per heavy atom. The zero-order chi connectivity index (χ0) is 23.3. The van der Waals surface area contributed by atoms with E-state index in [0.717, 1.165) is 34.1 Å². The maximum atomic E-state index is 13.3. The van der Waals surface area contributed by atoms with Crippen molar-refractivity contribution in [2.75, 3.05) is 22.8 Å². The number of hydrogen-bond acceptors (Lipinski definition) is 4. The van der Waals surface area contributed by atoms with Crippen LogP contribution in [-0.4, -0.2) is 27.5 Å². The zero-order valence-corrected chi connectivity index (χ0v) is 19.1. The summed E-state index contributed by atoms with van der Waals surface area (Å²) < 4.78 is 46.3. The summed E-state index contributed by atoms with van der Waals surface area (Å²) in [5.74, 6) is -0.566. The molecule has 0 radical (unpaired) electrons. The van der Waals surface area contributed by atoms with Gasteiger partial charge in [-0.25, -0.2) is 12.8 Å². The number of aryl methyl sites for hydroxylation is 1. The molecule has 3 rings (SSSR count). The van der Waals surface area contributed by atoms with Crippen LogP contribution in [0.2, 0.25) is 5.02 Å². The standard InChI is InChI=1S/C23H22ClFN2O4S/c1-3-31-20-10-8-19(9-11-20)27(32(29,30)21-12-5-17(25)6-13-21)15-23(28)26-18-7-4-16(2)22(24)14-18/h4-14H,3,15H2,1-2H3,(H,26,28). The Bertz CT molecular complexity index is 1200. The Morgan fingerprint density at radius 2 is 1.72 bits per heavy atom. The van der Waals surface area contributed by atoms with Crippen LogP contribution >= 0.6 is 11.6 Å². The lowest BCUT2D eigenvalue weighted by Crippen LogP contribution is -2.38. The molecule has 3 aromatic rings. The van der Waals surface area contributed by atoms with Crippen molar-refractivity contribution in [1.29, 1.82) is 0 Å². The molecule has 3 aromatic carbocycles. The van der Waals surface area contributed by atoms with Crippen molar-refractivity contribution in [2.24, 2.45) is 0 Å². The Balaban J connectivity index is 1.93. The molecule has 0 aromatic heterocycles. The third kappa shape index (κ3) is 5.57. The van der Waals surface area contributed by atoms with E-state index in [4.69, 9.17) is 16.3 Å². The molecule has 1 N–H and O–H groups in total. The van der Waals surface area contributed by atoms with Crippen LogP contribution < -0.4 is 14.4 Å². The summed E-state index contributed by atoms with van der Waals surface area (Å²) in [5.41, 5.74) is 1.55. The lowest BCUT2D eigenvalue weighted by atomic mass is 10.2. The fourth-order valence-electron chi connectivity index (χ4n) is 2.93. The molecule has 9 heteroatoms. The van der Waals surface area contributed by atoms with E-state index in [-0.39, 0.29) is 10.6 Å². The van der Waals surface area contributed by atoms with Crippen molar-refractivity contribution >= 4 is 38.9 Å². The van der Waals surface area contributed by atoms with Gasteiger partial charge in [0.2, 0.25) is 5.91 Å². The summed E-state index contributed by atoms with van der Waals surface area (Å²) in [6, 6.07) is 15.7. The smallest absolute Gasteiger partial charge is 0.264 e. The van der Waals surface area contributed by atoms with E-state index in [0.29, 0.717) is 23.1 Å². The van der Waals surface area contributed by atoms with Crippen LogP contribution in [0.4, 0.5) is 15.8 Å². The van der Waals surface area contributed by atoms with Crippen molar-refractivity contribution in [3.05, 3.63) is 83.1 Å². The van der Waals surface area contributed by atoms with Gasteiger partial charge in [0.05, 0.1) is 17.2 Å². The summed E-state index contributed by atoms with van der Waals surface area (Å²) in [7, 11) is -4.16. The Kier molecular flexibility index (Phi) is 7.37. The van der Waals surface area contributed by atoms with Crippen LogP contribution in [0.15, 0.2) is 71.6 Å². The first-order valence-electron chi connectivity index (χ1n) is 9.78. The molecular weight excluding hydrogens is 455 g/mol. The normalized spacial score (nSPS) is 11.1. The molecule has 0 saturated carbocycles. The largest absolute Gasteiger partial charge is 0.494 e. The number of anilines is 2. The summed E-state index contributed by atoms with van der Waals surface area (Å²) in [5, 5.41) is 3.14. The topological polar surface area (TPSA) is 75.7 Å². The quantitative estimate of drug-likeness (QED) is 0.495. The van der Waals surface area contributed by atoms with Crippen LogP contribution in [0, 0.1) is 12.7 Å². The molecule has 6 nitrogen and oxygen atoms in total. The van der Waals surface area contributed by atoms with Gasteiger partial charge in [-0.2, -0.15) is 0 Å². The SMILES string of the molecule is CCOc1ccc(N(CC(=O)Nc2ccc(C)c(Cl)c2)S(=O)(=O)c2ccc(F)cc2)cc1. The first kappa shape index (κ1) is 23.6. The van der Waals surface area contributed by atoms with E-state index >= 15 is 0 Å². The van der Waals surface area contributed by atoms with Crippen molar-refractivity contribution in [3.8, 4) is 5.75 Å². The van der Waals surface area contributed by atoms with Gasteiger partial charge in [-0.15, -0.1) is 0 Å². The van der Waals surface area contributed by atoms with Gasteiger partial charge >= 0.3 is 0 Å². The Labute approximate surface area is 191 Å². The summed E-state index contributed by atoms with van der Waals surface area (Å²) in [6.45, 7) is 3.62. The number of hydrogen-bond donors (Lipinski definition) is 1. The lowest BCUT2D eigenvalue weighted by molar-refractivity contribution is -0.114. The van der Waals surface area contributed by atoms with Crippen LogP contribution in [0.3, 0.4) is 0 Å². The second-order valence-electron chi connectivity index (χ2n) is 6.90. The first-order chi connectivity index (χ1) is 15.2. The van der Waals surface area contributed by atoms with Crippen LogP contribution in [0.1, 0.15) is 12.5 Å². The van der Waals surface area contributed by atoms with Gasteiger partial charge in [-0.3, -0.25) is 9.10 Å². The highest BCUT2D eigenvalue weighted by Gasteiger charge is 2.27. The van der Waals surface area contributed by atoms with Crippen molar-refractivity contribution < 1.29 is 22.3 Å². The van der Waals surface area contributed by atoms with Crippen LogP contribution in [0.5, 0.6) is 5.75 Å². The fraction of sp³-hybridized carbons (Fsp3) is 0.174. The number of carbonyl (C=O) groups excluding carboxylic acids is 1. The molecule has 0 atom stereocenters. The average molecular weight is 477 g/mol. The number of rotatable bonds is 8. The molecule has 0 heterocycles. The molecule has 0 aliphatic rings. The molecule has 0 aliphatic heterocycles. The van der Waals surface area contributed by atoms with E-state index in [1.54, 1.807) is 42.5 Å². The third-order valence-corrected chi connectivity index (χ3v) is 6.78. The minimum atomic E-state index is -4.16. The van der Waals surface area contributed by atoms with E-state index in [1.165, 1.54) is 0 Å². The fourth-order valence-corrected chi connectivity index (χ4v) is 4.53. The molecule has 168 valence electrons. The van der Waals surface area contributed by atoms with Gasteiger partial charge in [-0.05, 0) is 80.1 Å². The molecule has 32 heavy (non-hydrogen) atoms. The summed E-state index contributed by atoms with van der Waals surface area (Å²) in [6.07, 6.45) is 0. The van der Waals surface area contributed by atoms with E-state index in [9.17, 15) is 17.6 Å². The van der Waals surface area contributed by atoms with Gasteiger partial charge < -0.3 is 10.1 Å². The molecule has 0 spiro atoms. The predicted octanol–water partition coefficient (Wildman–Crippen LogP) is 5.02. The number of nitrogens with one attached hydrogen (secondary N) is 1. The average Bonchev–Trinajstić information content (AvgIpc) is 2.76. The van der Waals surface area contributed by atoms with Gasteiger partial charge in [0.15, 0.2) is 0 Å². The van der Waals surface area contributed by atoms with E-state index < -0.39 is 28.3 Å². The Morgan fingerprint density at radius 1 is 1.06 bits per heavy atom. The lowest BCUT2D eigenvalue weighted by Gasteiger charge is -2.24. The van der Waals surface area contributed by atoms with Gasteiger partial charge in [0.1, 0.15) is 18.1 Å². The van der Waals surface area contributed by atoms with Crippen molar-refractivity contribution in [3.63, 3.8) is 0 Å².